The average molecular weight is 533 g/mol. The Morgan fingerprint density at radius 1 is 0.925 bits per heavy atom. The van der Waals surface area contributed by atoms with Crippen LogP contribution in [0.15, 0.2) is 103 Å². The number of aliphatic carboxylic acids is 1. The van der Waals surface area contributed by atoms with E-state index in [9.17, 15) is 9.59 Å². The third-order valence-corrected chi connectivity index (χ3v) is 7.13. The number of para-hydroxylation sites is 2. The van der Waals surface area contributed by atoms with E-state index in [2.05, 4.69) is 83.7 Å². The van der Waals surface area contributed by atoms with Gasteiger partial charge in [-0.3, -0.25) is 9.59 Å². The molecule has 1 aromatic heterocycles. The van der Waals surface area contributed by atoms with Crippen molar-refractivity contribution in [1.82, 2.24) is 4.57 Å². The lowest BCUT2D eigenvalue weighted by molar-refractivity contribution is -0.137. The summed E-state index contributed by atoms with van der Waals surface area (Å²) in [5.74, 6) is -0.614. The number of nitrogens with one attached hydrogen (secondary N) is 1. The van der Waals surface area contributed by atoms with Crippen molar-refractivity contribution in [2.24, 2.45) is 0 Å². The first-order valence-corrected chi connectivity index (χ1v) is 13.4. The number of ether oxygens (including phenoxy) is 1. The lowest BCUT2D eigenvalue weighted by Crippen LogP contribution is -2.11. The first-order valence-electron chi connectivity index (χ1n) is 13.4. The summed E-state index contributed by atoms with van der Waals surface area (Å²) >= 11 is 0. The summed E-state index contributed by atoms with van der Waals surface area (Å²) in [6.07, 6.45) is 4.12. The number of amides is 1. The SMILES string of the molecule is C/C(=C\C(=O)Nc1ccccc1OCCCC(=O)O)c1ccc2c(ccn2C(C)c2ccc3ccccc3c2)c1. The van der Waals surface area contributed by atoms with Crippen molar-refractivity contribution in [1.29, 1.82) is 0 Å². The van der Waals surface area contributed by atoms with Gasteiger partial charge in [-0.2, -0.15) is 0 Å². The molecule has 0 bridgehead atoms. The molecular formula is C34H32N2O4. The van der Waals surface area contributed by atoms with Crippen LogP contribution in [-0.4, -0.2) is 28.2 Å². The van der Waals surface area contributed by atoms with Crippen molar-refractivity contribution in [3.8, 4) is 5.75 Å². The molecule has 0 aliphatic rings. The average Bonchev–Trinajstić information content (AvgIpc) is 3.38. The maximum absolute atomic E-state index is 12.8. The van der Waals surface area contributed by atoms with E-state index in [1.54, 1.807) is 18.2 Å². The quantitative estimate of drug-likeness (QED) is 0.143. The van der Waals surface area contributed by atoms with E-state index in [-0.39, 0.29) is 25.0 Å². The van der Waals surface area contributed by atoms with Gasteiger partial charge in [0.05, 0.1) is 18.3 Å². The van der Waals surface area contributed by atoms with Gasteiger partial charge in [-0.15, -0.1) is 0 Å². The Morgan fingerprint density at radius 3 is 2.52 bits per heavy atom. The number of benzene rings is 4. The second-order valence-electron chi connectivity index (χ2n) is 9.94. The molecule has 0 saturated heterocycles. The Bertz CT molecular complexity index is 1720. The monoisotopic (exact) mass is 532 g/mol. The number of nitrogens with zero attached hydrogens (tertiary/aromatic N) is 1. The van der Waals surface area contributed by atoms with Gasteiger partial charge in [-0.1, -0.05) is 54.6 Å². The largest absolute Gasteiger partial charge is 0.491 e. The highest BCUT2D eigenvalue weighted by atomic mass is 16.5. The van der Waals surface area contributed by atoms with Gasteiger partial charge in [0.25, 0.3) is 0 Å². The minimum atomic E-state index is -0.861. The Hall–Kier alpha value is -4.84. The number of carboxylic acids is 1. The zero-order valence-corrected chi connectivity index (χ0v) is 22.6. The summed E-state index contributed by atoms with van der Waals surface area (Å²) < 4.78 is 7.98. The Morgan fingerprint density at radius 2 is 1.70 bits per heavy atom. The number of fused-ring (bicyclic) bond motifs is 2. The van der Waals surface area contributed by atoms with Gasteiger partial charge < -0.3 is 19.7 Å². The van der Waals surface area contributed by atoms with E-state index in [0.29, 0.717) is 17.9 Å². The molecule has 1 unspecified atom stereocenters. The maximum Gasteiger partial charge on any atom is 0.303 e. The fourth-order valence-electron chi connectivity index (χ4n) is 4.93. The second kappa shape index (κ2) is 11.9. The first-order chi connectivity index (χ1) is 19.4. The normalized spacial score (nSPS) is 12.4. The lowest BCUT2D eigenvalue weighted by atomic mass is 10.0. The van der Waals surface area contributed by atoms with Crippen LogP contribution >= 0.6 is 0 Å². The Labute approximate surface area is 233 Å². The summed E-state index contributed by atoms with van der Waals surface area (Å²) in [5, 5.41) is 15.3. The van der Waals surface area contributed by atoms with Crippen LogP contribution in [-0.2, 0) is 9.59 Å². The molecule has 5 rings (SSSR count). The Kier molecular flexibility index (Phi) is 7.97. The first kappa shape index (κ1) is 26.8. The molecule has 6 heteroatoms. The highest BCUT2D eigenvalue weighted by molar-refractivity contribution is 6.05. The predicted molar refractivity (Wildman–Crippen MR) is 161 cm³/mol. The molecule has 4 aromatic carbocycles. The third kappa shape index (κ3) is 6.07. The van der Waals surface area contributed by atoms with E-state index >= 15 is 0 Å². The number of anilines is 1. The molecule has 0 radical (unpaired) electrons. The molecule has 202 valence electrons. The number of allylic oxidation sites excluding steroid dienone is 1. The molecule has 0 aliphatic carbocycles. The molecule has 5 aromatic rings. The topological polar surface area (TPSA) is 80.6 Å². The summed E-state index contributed by atoms with van der Waals surface area (Å²) in [4.78, 5) is 23.6. The third-order valence-electron chi connectivity index (χ3n) is 7.13. The number of carbonyl (C=O) groups excluding carboxylic acids is 1. The summed E-state index contributed by atoms with van der Waals surface area (Å²) in [6.45, 7) is 4.39. The number of rotatable bonds is 10. The number of hydrogen-bond acceptors (Lipinski definition) is 3. The highest BCUT2D eigenvalue weighted by Crippen LogP contribution is 2.29. The Balaban J connectivity index is 1.30. The molecule has 6 nitrogen and oxygen atoms in total. The van der Waals surface area contributed by atoms with E-state index in [4.69, 9.17) is 9.84 Å². The van der Waals surface area contributed by atoms with Crippen LogP contribution in [0.1, 0.15) is 43.9 Å². The lowest BCUT2D eigenvalue weighted by Gasteiger charge is -2.17. The van der Waals surface area contributed by atoms with E-state index < -0.39 is 5.97 Å². The molecular weight excluding hydrogens is 500 g/mol. The van der Waals surface area contributed by atoms with Gasteiger partial charge >= 0.3 is 5.97 Å². The van der Waals surface area contributed by atoms with Gasteiger partial charge in [-0.05, 0) is 84.1 Å². The van der Waals surface area contributed by atoms with Gasteiger partial charge in [0.2, 0.25) is 5.91 Å². The van der Waals surface area contributed by atoms with Crippen LogP contribution in [0.5, 0.6) is 5.75 Å². The van der Waals surface area contributed by atoms with E-state index in [0.717, 1.165) is 22.0 Å². The summed E-state index contributed by atoms with van der Waals surface area (Å²) in [6, 6.07) is 30.7. The number of aromatic nitrogens is 1. The highest BCUT2D eigenvalue weighted by Gasteiger charge is 2.13. The van der Waals surface area contributed by atoms with Crippen LogP contribution in [0, 0.1) is 0 Å². The van der Waals surface area contributed by atoms with Gasteiger partial charge in [0, 0.05) is 29.6 Å². The zero-order valence-electron chi connectivity index (χ0n) is 22.6. The van der Waals surface area contributed by atoms with Crippen molar-refractivity contribution in [3.05, 3.63) is 114 Å². The predicted octanol–water partition coefficient (Wildman–Crippen LogP) is 7.69. The van der Waals surface area contributed by atoms with Crippen LogP contribution in [0.2, 0.25) is 0 Å². The van der Waals surface area contributed by atoms with Gasteiger partial charge in [0.1, 0.15) is 5.75 Å². The van der Waals surface area contributed by atoms with Gasteiger partial charge in [-0.25, -0.2) is 0 Å². The minimum Gasteiger partial charge on any atom is -0.491 e. The van der Waals surface area contributed by atoms with Crippen molar-refractivity contribution >= 4 is 44.8 Å². The van der Waals surface area contributed by atoms with Crippen molar-refractivity contribution in [3.63, 3.8) is 0 Å². The standard InChI is InChI=1S/C34H32N2O4/c1-23(20-33(37)35-30-10-5-6-11-32(30)40-19-7-12-34(38)39)26-15-16-31-29(21-26)17-18-36(31)24(2)27-14-13-25-8-3-4-9-28(25)22-27/h3-6,8-11,13-18,20-22,24H,7,12,19H2,1-2H3,(H,35,37)(H,38,39)/b23-20+. The molecule has 2 N–H and O–H groups in total. The molecule has 0 spiro atoms. The van der Waals surface area contributed by atoms with Gasteiger partial charge in [0.15, 0.2) is 0 Å². The maximum atomic E-state index is 12.8. The fraction of sp³-hybridized carbons (Fsp3) is 0.176. The van der Waals surface area contributed by atoms with E-state index in [1.807, 2.05) is 25.1 Å². The fourth-order valence-corrected chi connectivity index (χ4v) is 4.93. The molecule has 1 amide bonds. The molecule has 40 heavy (non-hydrogen) atoms. The minimum absolute atomic E-state index is 0.0343. The molecule has 0 saturated carbocycles. The summed E-state index contributed by atoms with van der Waals surface area (Å²) in [5.41, 5.74) is 4.74. The number of carboxylic acid groups (broad SMARTS) is 1. The molecule has 0 fully saturated rings. The van der Waals surface area contributed by atoms with Crippen molar-refractivity contribution in [2.45, 2.75) is 32.7 Å². The molecule has 1 heterocycles. The van der Waals surface area contributed by atoms with E-state index in [1.165, 1.54) is 16.3 Å². The molecule has 0 aliphatic heterocycles. The second-order valence-corrected chi connectivity index (χ2v) is 9.94. The van der Waals surface area contributed by atoms with Crippen LogP contribution in [0.3, 0.4) is 0 Å². The smallest absolute Gasteiger partial charge is 0.303 e. The van der Waals surface area contributed by atoms with Crippen LogP contribution < -0.4 is 10.1 Å². The van der Waals surface area contributed by atoms with Crippen LogP contribution in [0.25, 0.3) is 27.2 Å². The zero-order chi connectivity index (χ0) is 28.1. The van der Waals surface area contributed by atoms with Crippen molar-refractivity contribution < 1.29 is 19.4 Å². The molecule has 1 atom stereocenters. The van der Waals surface area contributed by atoms with Crippen molar-refractivity contribution in [2.75, 3.05) is 11.9 Å². The van der Waals surface area contributed by atoms with Crippen LogP contribution in [0.4, 0.5) is 5.69 Å². The number of carbonyl (C=O) groups is 2. The summed E-state index contributed by atoms with van der Waals surface area (Å²) in [7, 11) is 0. The number of hydrogen-bond donors (Lipinski definition) is 2.